The van der Waals surface area contributed by atoms with Crippen molar-refractivity contribution in [3.8, 4) is 11.4 Å². The van der Waals surface area contributed by atoms with Crippen molar-refractivity contribution < 1.29 is 9.53 Å². The van der Waals surface area contributed by atoms with Gasteiger partial charge in [0.25, 0.3) is 5.91 Å². The van der Waals surface area contributed by atoms with Crippen LogP contribution in [0.2, 0.25) is 0 Å². The van der Waals surface area contributed by atoms with Crippen LogP contribution in [0.1, 0.15) is 25.5 Å². The van der Waals surface area contributed by atoms with E-state index in [-0.39, 0.29) is 11.9 Å². The lowest BCUT2D eigenvalue weighted by Crippen LogP contribution is -2.37. The third-order valence-corrected chi connectivity index (χ3v) is 3.86. The molecule has 0 aliphatic rings. The van der Waals surface area contributed by atoms with Crippen LogP contribution in [0.4, 0.5) is 0 Å². The smallest absolute Gasteiger partial charge is 0.261 e. The van der Waals surface area contributed by atoms with Crippen molar-refractivity contribution in [3.63, 3.8) is 0 Å². The maximum absolute atomic E-state index is 12.3. The first kappa shape index (κ1) is 16.7. The fourth-order valence-corrected chi connectivity index (χ4v) is 2.43. The number of carbonyl (C=O) groups excluding carboxylic acids is 1. The first-order chi connectivity index (χ1) is 12.1. The molecule has 0 fully saturated rings. The van der Waals surface area contributed by atoms with E-state index in [1.54, 1.807) is 17.9 Å². The van der Waals surface area contributed by atoms with Crippen LogP contribution in [0.25, 0.3) is 5.69 Å². The summed E-state index contributed by atoms with van der Waals surface area (Å²) < 4.78 is 7.33. The largest absolute Gasteiger partial charge is 0.481 e. The molecule has 1 amide bonds. The Labute approximate surface area is 146 Å². The molecule has 6 nitrogen and oxygen atoms in total. The number of rotatable bonds is 6. The van der Waals surface area contributed by atoms with Gasteiger partial charge in [-0.3, -0.25) is 4.79 Å². The number of carbonyl (C=O) groups is 1. The Morgan fingerprint density at radius 3 is 2.44 bits per heavy atom. The lowest BCUT2D eigenvalue weighted by molar-refractivity contribution is -0.127. The first-order valence-electron chi connectivity index (χ1n) is 8.10. The van der Waals surface area contributed by atoms with Crippen LogP contribution in [0.5, 0.6) is 5.75 Å². The summed E-state index contributed by atoms with van der Waals surface area (Å²) in [6.07, 6.45) is 2.56. The molecule has 1 aromatic heterocycles. The SMILES string of the molecule is C[C@H](NC(=O)[C@@H](C)Oc1ccccc1)c1ccc(-n2cncn2)cc1. The molecule has 0 aliphatic heterocycles. The highest BCUT2D eigenvalue weighted by Crippen LogP contribution is 2.16. The minimum absolute atomic E-state index is 0.126. The van der Waals surface area contributed by atoms with Gasteiger partial charge in [-0.05, 0) is 43.7 Å². The predicted octanol–water partition coefficient (Wildman–Crippen LogP) is 2.91. The number of para-hydroxylation sites is 1. The zero-order valence-corrected chi connectivity index (χ0v) is 14.2. The van der Waals surface area contributed by atoms with Gasteiger partial charge < -0.3 is 10.1 Å². The molecule has 128 valence electrons. The molecule has 3 rings (SSSR count). The third-order valence-electron chi connectivity index (χ3n) is 3.86. The Bertz CT molecular complexity index is 801. The Hall–Kier alpha value is -3.15. The van der Waals surface area contributed by atoms with Crippen LogP contribution in [-0.2, 0) is 4.79 Å². The lowest BCUT2D eigenvalue weighted by Gasteiger charge is -2.19. The van der Waals surface area contributed by atoms with E-state index >= 15 is 0 Å². The zero-order chi connectivity index (χ0) is 17.6. The lowest BCUT2D eigenvalue weighted by atomic mass is 10.1. The Morgan fingerprint density at radius 1 is 1.08 bits per heavy atom. The monoisotopic (exact) mass is 336 g/mol. The molecule has 0 bridgehead atoms. The molecule has 0 saturated heterocycles. The molecule has 1 heterocycles. The highest BCUT2D eigenvalue weighted by atomic mass is 16.5. The normalized spacial score (nSPS) is 13.0. The summed E-state index contributed by atoms with van der Waals surface area (Å²) in [6, 6.07) is 17.0. The van der Waals surface area contributed by atoms with Crippen molar-refractivity contribution in [2.75, 3.05) is 0 Å². The van der Waals surface area contributed by atoms with Crippen molar-refractivity contribution in [2.45, 2.75) is 26.0 Å². The van der Waals surface area contributed by atoms with Gasteiger partial charge in [0.05, 0.1) is 11.7 Å². The Morgan fingerprint density at radius 2 is 1.80 bits per heavy atom. The molecule has 1 N–H and O–H groups in total. The van der Waals surface area contributed by atoms with Crippen LogP contribution < -0.4 is 10.1 Å². The summed E-state index contributed by atoms with van der Waals surface area (Å²) in [6.45, 7) is 3.68. The molecule has 0 aliphatic carbocycles. The fourth-order valence-electron chi connectivity index (χ4n) is 2.43. The number of amides is 1. The molecule has 0 saturated carbocycles. The van der Waals surface area contributed by atoms with E-state index in [2.05, 4.69) is 15.4 Å². The molecule has 2 atom stereocenters. The van der Waals surface area contributed by atoms with Gasteiger partial charge in [0.2, 0.25) is 0 Å². The summed E-state index contributed by atoms with van der Waals surface area (Å²) in [7, 11) is 0. The average Bonchev–Trinajstić information content (AvgIpc) is 3.17. The van der Waals surface area contributed by atoms with Crippen LogP contribution >= 0.6 is 0 Å². The van der Waals surface area contributed by atoms with Gasteiger partial charge >= 0.3 is 0 Å². The highest BCUT2D eigenvalue weighted by molar-refractivity contribution is 5.81. The van der Waals surface area contributed by atoms with E-state index in [0.717, 1.165) is 11.3 Å². The minimum atomic E-state index is -0.570. The summed E-state index contributed by atoms with van der Waals surface area (Å²) >= 11 is 0. The maximum atomic E-state index is 12.3. The second-order valence-corrected chi connectivity index (χ2v) is 5.73. The zero-order valence-electron chi connectivity index (χ0n) is 14.2. The maximum Gasteiger partial charge on any atom is 0.261 e. The number of hydrogen-bond donors (Lipinski definition) is 1. The highest BCUT2D eigenvalue weighted by Gasteiger charge is 2.17. The van der Waals surface area contributed by atoms with Gasteiger partial charge in [0.1, 0.15) is 18.4 Å². The first-order valence-corrected chi connectivity index (χ1v) is 8.10. The van der Waals surface area contributed by atoms with Crippen LogP contribution in [0.3, 0.4) is 0 Å². The molecular weight excluding hydrogens is 316 g/mol. The third kappa shape index (κ3) is 4.23. The molecule has 0 radical (unpaired) electrons. The van der Waals surface area contributed by atoms with E-state index in [1.807, 2.05) is 61.5 Å². The molecule has 25 heavy (non-hydrogen) atoms. The number of nitrogens with zero attached hydrogens (tertiary/aromatic N) is 3. The summed E-state index contributed by atoms with van der Waals surface area (Å²) in [5.41, 5.74) is 1.92. The topological polar surface area (TPSA) is 69.0 Å². The van der Waals surface area contributed by atoms with Gasteiger partial charge in [-0.25, -0.2) is 9.67 Å². The Balaban J connectivity index is 1.59. The summed E-state index contributed by atoms with van der Waals surface area (Å²) in [5.74, 6) is 0.520. The molecule has 2 aromatic carbocycles. The van der Waals surface area contributed by atoms with Crippen molar-refractivity contribution in [1.82, 2.24) is 20.1 Å². The van der Waals surface area contributed by atoms with Crippen LogP contribution in [-0.4, -0.2) is 26.8 Å². The molecule has 6 heteroatoms. The number of nitrogens with one attached hydrogen (secondary N) is 1. The predicted molar refractivity (Wildman–Crippen MR) is 94.4 cm³/mol. The van der Waals surface area contributed by atoms with E-state index in [0.29, 0.717) is 5.75 Å². The van der Waals surface area contributed by atoms with Gasteiger partial charge in [0, 0.05) is 0 Å². The molecular formula is C19H20N4O2. The number of ether oxygens (including phenoxy) is 1. The van der Waals surface area contributed by atoms with Crippen molar-refractivity contribution in [1.29, 1.82) is 0 Å². The summed E-state index contributed by atoms with van der Waals surface area (Å²) in [5, 5.41) is 7.06. The molecule has 0 unspecified atom stereocenters. The van der Waals surface area contributed by atoms with Crippen LogP contribution in [0.15, 0.2) is 67.3 Å². The average molecular weight is 336 g/mol. The molecule has 3 aromatic rings. The minimum Gasteiger partial charge on any atom is -0.481 e. The van der Waals surface area contributed by atoms with E-state index in [9.17, 15) is 4.79 Å². The van der Waals surface area contributed by atoms with Crippen molar-refractivity contribution in [3.05, 3.63) is 72.8 Å². The fraction of sp³-hybridized carbons (Fsp3) is 0.211. The van der Waals surface area contributed by atoms with Gasteiger partial charge in [-0.15, -0.1) is 0 Å². The number of aromatic nitrogens is 3. The Kier molecular flexibility index (Phi) is 5.09. The van der Waals surface area contributed by atoms with Gasteiger partial charge in [-0.2, -0.15) is 5.10 Å². The number of benzene rings is 2. The quantitative estimate of drug-likeness (QED) is 0.751. The van der Waals surface area contributed by atoms with Gasteiger partial charge in [0.15, 0.2) is 6.10 Å². The van der Waals surface area contributed by atoms with Gasteiger partial charge in [-0.1, -0.05) is 30.3 Å². The number of hydrogen-bond acceptors (Lipinski definition) is 4. The second-order valence-electron chi connectivity index (χ2n) is 5.73. The van der Waals surface area contributed by atoms with Crippen molar-refractivity contribution in [2.24, 2.45) is 0 Å². The van der Waals surface area contributed by atoms with E-state index in [1.165, 1.54) is 6.33 Å². The van der Waals surface area contributed by atoms with Crippen LogP contribution in [0, 0.1) is 0 Å². The summed E-state index contributed by atoms with van der Waals surface area (Å²) in [4.78, 5) is 16.3. The van der Waals surface area contributed by atoms with Crippen molar-refractivity contribution >= 4 is 5.91 Å². The second kappa shape index (κ2) is 7.61. The van der Waals surface area contributed by atoms with E-state index in [4.69, 9.17) is 4.74 Å². The van der Waals surface area contributed by atoms with E-state index < -0.39 is 6.10 Å². The standard InChI is InChI=1S/C19H20N4O2/c1-14(16-8-10-17(11-9-16)23-13-20-12-21-23)22-19(24)15(2)25-18-6-4-3-5-7-18/h3-15H,1-2H3,(H,22,24)/t14-,15+/m0/s1. The molecule has 0 spiro atoms.